The summed E-state index contributed by atoms with van der Waals surface area (Å²) >= 11 is 0. The van der Waals surface area contributed by atoms with Crippen molar-refractivity contribution in [2.24, 2.45) is 0 Å². The maximum absolute atomic E-state index is 13.0. The molecule has 3 aromatic rings. The zero-order chi connectivity index (χ0) is 25.3. The molecule has 0 atom stereocenters. The summed E-state index contributed by atoms with van der Waals surface area (Å²) in [5.74, 6) is -2.56. The van der Waals surface area contributed by atoms with Crippen molar-refractivity contribution in [3.8, 4) is 0 Å². The van der Waals surface area contributed by atoms with E-state index in [-0.39, 0.29) is 16.1 Å². The van der Waals surface area contributed by atoms with Crippen LogP contribution in [0.15, 0.2) is 71.6 Å². The first-order valence-corrected chi connectivity index (χ1v) is 11.2. The van der Waals surface area contributed by atoms with Crippen LogP contribution in [0.3, 0.4) is 0 Å². The second kappa shape index (κ2) is 9.18. The number of benzene rings is 3. The molecule has 0 aliphatic heterocycles. The number of nitrogens with zero attached hydrogens (tertiary/aromatic N) is 1. The summed E-state index contributed by atoms with van der Waals surface area (Å²) in [6.07, 6.45) is -4.76. The molecule has 178 valence electrons. The van der Waals surface area contributed by atoms with Gasteiger partial charge in [-0.05, 0) is 55.5 Å². The van der Waals surface area contributed by atoms with Crippen molar-refractivity contribution < 1.29 is 36.3 Å². The van der Waals surface area contributed by atoms with Gasteiger partial charge in [0.15, 0.2) is 0 Å². The number of alkyl halides is 3. The van der Waals surface area contributed by atoms with Crippen molar-refractivity contribution in [2.45, 2.75) is 18.0 Å². The summed E-state index contributed by atoms with van der Waals surface area (Å²) in [6, 6.07) is 13.6. The molecule has 0 saturated heterocycles. The zero-order valence-corrected chi connectivity index (χ0v) is 18.7. The molecule has 0 fully saturated rings. The standard InChI is InChI=1S/C23H19F3N2O5S/c1-14-6-9-17(10-7-14)28(2)34(32,33)18-5-3-4-15(12-18)21(29)27-20-11-8-16(23(24,25)26)13-19(20)22(30)31/h3-13H,1-2H3,(H,27,29)(H,30,31). The van der Waals surface area contributed by atoms with Crippen LogP contribution in [0, 0.1) is 6.92 Å². The minimum atomic E-state index is -4.76. The predicted molar refractivity (Wildman–Crippen MR) is 120 cm³/mol. The van der Waals surface area contributed by atoms with Gasteiger partial charge in [0, 0.05) is 12.6 Å². The average Bonchev–Trinajstić information content (AvgIpc) is 2.78. The molecule has 0 aliphatic carbocycles. The molecular weight excluding hydrogens is 473 g/mol. The zero-order valence-electron chi connectivity index (χ0n) is 17.9. The fourth-order valence-corrected chi connectivity index (χ4v) is 4.29. The Kier molecular flexibility index (Phi) is 6.69. The highest BCUT2D eigenvalue weighted by molar-refractivity contribution is 7.92. The van der Waals surface area contributed by atoms with Gasteiger partial charge in [0.05, 0.1) is 27.4 Å². The topological polar surface area (TPSA) is 104 Å². The number of nitrogens with one attached hydrogen (secondary N) is 1. The Morgan fingerprint density at radius 1 is 0.971 bits per heavy atom. The van der Waals surface area contributed by atoms with Crippen molar-refractivity contribution in [3.05, 3.63) is 89.0 Å². The molecule has 0 aromatic heterocycles. The molecular formula is C23H19F3N2O5S. The van der Waals surface area contributed by atoms with Crippen molar-refractivity contribution in [1.82, 2.24) is 0 Å². The lowest BCUT2D eigenvalue weighted by atomic mass is 10.1. The Hall–Kier alpha value is -3.86. The van der Waals surface area contributed by atoms with Crippen LogP contribution in [0.2, 0.25) is 0 Å². The number of sulfonamides is 1. The molecule has 3 rings (SSSR count). The fraction of sp³-hybridized carbons (Fsp3) is 0.130. The summed E-state index contributed by atoms with van der Waals surface area (Å²) in [5, 5.41) is 11.5. The highest BCUT2D eigenvalue weighted by Gasteiger charge is 2.32. The third kappa shape index (κ3) is 5.20. The minimum absolute atomic E-state index is 0.130. The molecule has 0 spiro atoms. The highest BCUT2D eigenvalue weighted by atomic mass is 32.2. The largest absolute Gasteiger partial charge is 0.478 e. The summed E-state index contributed by atoms with van der Waals surface area (Å²) in [5.41, 5.74) is -1.10. The van der Waals surface area contributed by atoms with E-state index in [0.29, 0.717) is 17.8 Å². The molecule has 0 radical (unpaired) electrons. The van der Waals surface area contributed by atoms with Gasteiger partial charge in [-0.3, -0.25) is 9.10 Å². The van der Waals surface area contributed by atoms with Crippen LogP contribution in [-0.4, -0.2) is 32.4 Å². The van der Waals surface area contributed by atoms with Gasteiger partial charge in [-0.25, -0.2) is 13.2 Å². The fourth-order valence-electron chi connectivity index (χ4n) is 3.05. The van der Waals surface area contributed by atoms with Gasteiger partial charge < -0.3 is 10.4 Å². The number of carboxylic acid groups (broad SMARTS) is 1. The quantitative estimate of drug-likeness (QED) is 0.515. The molecule has 0 bridgehead atoms. The van der Waals surface area contributed by atoms with Crippen molar-refractivity contribution in [3.63, 3.8) is 0 Å². The Bertz CT molecular complexity index is 1350. The van der Waals surface area contributed by atoms with Gasteiger partial charge in [-0.1, -0.05) is 23.8 Å². The number of anilines is 2. The average molecular weight is 492 g/mol. The molecule has 7 nitrogen and oxygen atoms in total. The molecule has 2 N–H and O–H groups in total. The Morgan fingerprint density at radius 3 is 2.21 bits per heavy atom. The van der Waals surface area contributed by atoms with E-state index in [2.05, 4.69) is 5.32 Å². The van der Waals surface area contributed by atoms with E-state index in [0.717, 1.165) is 22.0 Å². The van der Waals surface area contributed by atoms with Gasteiger partial charge in [0.1, 0.15) is 0 Å². The Morgan fingerprint density at radius 2 is 1.62 bits per heavy atom. The number of rotatable bonds is 6. The highest BCUT2D eigenvalue weighted by Crippen LogP contribution is 2.32. The lowest BCUT2D eigenvalue weighted by Gasteiger charge is -2.20. The van der Waals surface area contributed by atoms with E-state index in [9.17, 15) is 36.3 Å². The van der Waals surface area contributed by atoms with Crippen molar-refractivity contribution in [1.29, 1.82) is 0 Å². The van der Waals surface area contributed by atoms with Gasteiger partial charge in [0.25, 0.3) is 15.9 Å². The van der Waals surface area contributed by atoms with Crippen LogP contribution >= 0.6 is 0 Å². The van der Waals surface area contributed by atoms with Crippen molar-refractivity contribution in [2.75, 3.05) is 16.7 Å². The monoisotopic (exact) mass is 492 g/mol. The van der Waals surface area contributed by atoms with Crippen molar-refractivity contribution >= 4 is 33.3 Å². The molecule has 0 aliphatic rings. The second-order valence-electron chi connectivity index (χ2n) is 7.35. The number of carbonyl (C=O) groups is 2. The second-order valence-corrected chi connectivity index (χ2v) is 9.32. The molecule has 0 unspecified atom stereocenters. The third-order valence-corrected chi connectivity index (χ3v) is 6.76. The van der Waals surface area contributed by atoms with E-state index in [4.69, 9.17) is 0 Å². The minimum Gasteiger partial charge on any atom is -0.478 e. The Balaban J connectivity index is 1.91. The number of hydrogen-bond donors (Lipinski definition) is 2. The summed E-state index contributed by atoms with van der Waals surface area (Å²) in [6.45, 7) is 1.85. The maximum atomic E-state index is 13.0. The first kappa shape index (κ1) is 24.8. The number of aryl methyl sites for hydroxylation is 1. The smallest absolute Gasteiger partial charge is 0.416 e. The molecule has 0 saturated carbocycles. The third-order valence-electron chi connectivity index (χ3n) is 4.98. The van der Waals surface area contributed by atoms with E-state index >= 15 is 0 Å². The molecule has 1 amide bonds. The van der Waals surface area contributed by atoms with Crippen LogP contribution in [0.4, 0.5) is 24.5 Å². The normalized spacial score (nSPS) is 11.7. The van der Waals surface area contributed by atoms with Crippen LogP contribution in [0.5, 0.6) is 0 Å². The molecule has 3 aromatic carbocycles. The van der Waals surface area contributed by atoms with Crippen LogP contribution in [0.25, 0.3) is 0 Å². The first-order chi connectivity index (χ1) is 15.8. The number of hydrogen-bond acceptors (Lipinski definition) is 4. The summed E-state index contributed by atoms with van der Waals surface area (Å²) < 4.78 is 65.9. The molecule has 34 heavy (non-hydrogen) atoms. The van der Waals surface area contributed by atoms with Gasteiger partial charge in [-0.2, -0.15) is 13.2 Å². The van der Waals surface area contributed by atoms with Crippen LogP contribution < -0.4 is 9.62 Å². The van der Waals surface area contributed by atoms with Gasteiger partial charge in [0.2, 0.25) is 0 Å². The van der Waals surface area contributed by atoms with Gasteiger partial charge in [-0.15, -0.1) is 0 Å². The SMILES string of the molecule is Cc1ccc(N(C)S(=O)(=O)c2cccc(C(=O)Nc3ccc(C(F)(F)F)cc3C(=O)O)c2)cc1. The lowest BCUT2D eigenvalue weighted by Crippen LogP contribution is -2.27. The lowest BCUT2D eigenvalue weighted by molar-refractivity contribution is -0.137. The van der Waals surface area contributed by atoms with Crippen LogP contribution in [-0.2, 0) is 16.2 Å². The number of aromatic carboxylic acids is 1. The number of halogens is 3. The van der Waals surface area contributed by atoms with Crippen LogP contribution in [0.1, 0.15) is 31.8 Å². The van der Waals surface area contributed by atoms with E-state index in [1.807, 2.05) is 6.92 Å². The predicted octanol–water partition coefficient (Wildman–Crippen LogP) is 4.79. The van der Waals surface area contributed by atoms with E-state index < -0.39 is 39.2 Å². The molecule has 11 heteroatoms. The van der Waals surface area contributed by atoms with Gasteiger partial charge >= 0.3 is 12.1 Å². The molecule has 0 heterocycles. The van der Waals surface area contributed by atoms with E-state index in [1.165, 1.54) is 25.2 Å². The Labute approximate surface area is 193 Å². The summed E-state index contributed by atoms with van der Waals surface area (Å²) in [7, 11) is -2.69. The first-order valence-electron chi connectivity index (χ1n) is 9.72. The maximum Gasteiger partial charge on any atom is 0.416 e. The number of amides is 1. The number of carbonyl (C=O) groups excluding carboxylic acids is 1. The summed E-state index contributed by atoms with van der Waals surface area (Å²) in [4.78, 5) is 23.9. The van der Waals surface area contributed by atoms with E-state index in [1.54, 1.807) is 24.3 Å². The number of carboxylic acids is 1.